The van der Waals surface area contributed by atoms with Gasteiger partial charge < -0.3 is 19.7 Å². The molecule has 6 heteroatoms. The largest absolute Gasteiger partial charge is 0.452 e. The quantitative estimate of drug-likeness (QED) is 0.700. The molecule has 1 amide bonds. The zero-order valence-corrected chi connectivity index (χ0v) is 15.3. The lowest BCUT2D eigenvalue weighted by Gasteiger charge is -2.23. The maximum Gasteiger partial charge on any atom is 0.338 e. The minimum absolute atomic E-state index is 0.0492. The number of nitrogens with one attached hydrogen (secondary N) is 2. The molecule has 0 spiro atoms. The second kappa shape index (κ2) is 9.53. The third-order valence-corrected chi connectivity index (χ3v) is 4.57. The summed E-state index contributed by atoms with van der Waals surface area (Å²) in [6, 6.07) is 7.45. The van der Waals surface area contributed by atoms with Gasteiger partial charge in [0.05, 0.1) is 18.8 Å². The Kier molecular flexibility index (Phi) is 7.40. The van der Waals surface area contributed by atoms with E-state index in [2.05, 4.69) is 5.32 Å². The summed E-state index contributed by atoms with van der Waals surface area (Å²) >= 11 is 0. The molecule has 25 heavy (non-hydrogen) atoms. The van der Waals surface area contributed by atoms with Crippen molar-refractivity contribution in [3.8, 4) is 0 Å². The van der Waals surface area contributed by atoms with Gasteiger partial charge in [-0.05, 0) is 25.0 Å². The summed E-state index contributed by atoms with van der Waals surface area (Å²) in [5.74, 6) is -0.416. The molecule has 0 radical (unpaired) electrons. The third kappa shape index (κ3) is 6.48. The molecule has 1 aromatic rings. The first-order chi connectivity index (χ1) is 12.0. The predicted molar refractivity (Wildman–Crippen MR) is 94.4 cm³/mol. The highest BCUT2D eigenvalue weighted by atomic mass is 16.5. The van der Waals surface area contributed by atoms with Crippen molar-refractivity contribution < 1.29 is 24.0 Å². The minimum Gasteiger partial charge on any atom is -0.452 e. The van der Waals surface area contributed by atoms with E-state index in [-0.39, 0.29) is 18.6 Å². The normalized spacial score (nSPS) is 16.5. The molecule has 1 aliphatic rings. The maximum atomic E-state index is 12.0. The number of rotatable bonds is 7. The molecular formula is C19H29N2O4+. The number of amides is 1. The lowest BCUT2D eigenvalue weighted by atomic mass is 10.1. The van der Waals surface area contributed by atoms with Gasteiger partial charge in [0.15, 0.2) is 6.61 Å². The molecule has 1 saturated heterocycles. The second-order valence-corrected chi connectivity index (χ2v) is 6.91. The van der Waals surface area contributed by atoms with Gasteiger partial charge in [-0.25, -0.2) is 4.79 Å². The Morgan fingerprint density at radius 3 is 2.40 bits per heavy atom. The van der Waals surface area contributed by atoms with Crippen molar-refractivity contribution >= 4 is 11.9 Å². The van der Waals surface area contributed by atoms with Gasteiger partial charge in [0.1, 0.15) is 19.6 Å². The van der Waals surface area contributed by atoms with E-state index in [1.54, 1.807) is 12.1 Å². The van der Waals surface area contributed by atoms with Gasteiger partial charge in [0.2, 0.25) is 0 Å². The Morgan fingerprint density at radius 2 is 1.80 bits per heavy atom. The van der Waals surface area contributed by atoms with E-state index in [1.165, 1.54) is 10.5 Å². The fourth-order valence-corrected chi connectivity index (χ4v) is 2.56. The van der Waals surface area contributed by atoms with Crippen molar-refractivity contribution in [3.63, 3.8) is 0 Å². The molecule has 0 unspecified atom stereocenters. The molecule has 0 aromatic heterocycles. The molecule has 0 aliphatic carbocycles. The summed E-state index contributed by atoms with van der Waals surface area (Å²) < 4.78 is 10.4. The van der Waals surface area contributed by atoms with Gasteiger partial charge in [-0.15, -0.1) is 0 Å². The fraction of sp³-hybridized carbons (Fsp3) is 0.579. The summed E-state index contributed by atoms with van der Waals surface area (Å²) in [7, 11) is 0. The molecular weight excluding hydrogens is 320 g/mol. The van der Waals surface area contributed by atoms with Crippen molar-refractivity contribution in [1.82, 2.24) is 5.32 Å². The van der Waals surface area contributed by atoms with Crippen molar-refractivity contribution in [3.05, 3.63) is 35.4 Å². The number of esters is 1. The zero-order chi connectivity index (χ0) is 18.2. The van der Waals surface area contributed by atoms with E-state index in [1.807, 2.05) is 32.9 Å². The molecule has 0 saturated carbocycles. The molecule has 1 atom stereocenters. The summed E-state index contributed by atoms with van der Waals surface area (Å²) in [6.07, 6.45) is 0. The van der Waals surface area contributed by atoms with Crippen LogP contribution in [0.3, 0.4) is 0 Å². The first kappa shape index (κ1) is 19.4. The van der Waals surface area contributed by atoms with Gasteiger partial charge in [-0.2, -0.15) is 0 Å². The average Bonchev–Trinajstić information content (AvgIpc) is 2.61. The van der Waals surface area contributed by atoms with E-state index in [9.17, 15) is 9.59 Å². The summed E-state index contributed by atoms with van der Waals surface area (Å²) in [6.45, 7) is 10.3. The molecule has 1 aliphatic heterocycles. The monoisotopic (exact) mass is 349 g/mol. The van der Waals surface area contributed by atoms with Crippen LogP contribution in [-0.4, -0.2) is 50.8 Å². The number of benzene rings is 1. The van der Waals surface area contributed by atoms with Gasteiger partial charge in [0.25, 0.3) is 5.91 Å². The lowest BCUT2D eigenvalue weighted by Crippen LogP contribution is -3.12. The number of carbonyl (C=O) groups is 2. The highest BCUT2D eigenvalue weighted by molar-refractivity contribution is 5.91. The average molecular weight is 349 g/mol. The van der Waals surface area contributed by atoms with Crippen LogP contribution in [0.25, 0.3) is 0 Å². The van der Waals surface area contributed by atoms with E-state index >= 15 is 0 Å². The molecule has 6 nitrogen and oxygen atoms in total. The third-order valence-electron chi connectivity index (χ3n) is 4.57. The first-order valence-electron chi connectivity index (χ1n) is 8.92. The Balaban J connectivity index is 1.78. The van der Waals surface area contributed by atoms with Crippen LogP contribution in [0.1, 0.15) is 36.7 Å². The summed E-state index contributed by atoms with van der Waals surface area (Å²) in [4.78, 5) is 25.3. The number of hydrogen-bond donors (Lipinski definition) is 2. The Hall–Kier alpha value is -1.92. The SMILES string of the molecule is CC(C)[C@H](C)NC(=O)COC(=O)c1ccc(C[NH+]2CCOCC2)cc1. The van der Waals surface area contributed by atoms with Gasteiger partial charge in [-0.3, -0.25) is 4.79 Å². The Labute approximate surface area is 149 Å². The highest BCUT2D eigenvalue weighted by Crippen LogP contribution is 2.06. The second-order valence-electron chi connectivity index (χ2n) is 6.91. The molecule has 138 valence electrons. The van der Waals surface area contributed by atoms with Crippen molar-refractivity contribution in [2.75, 3.05) is 32.9 Å². The van der Waals surface area contributed by atoms with Crippen LogP contribution in [0.2, 0.25) is 0 Å². The Bertz CT molecular complexity index is 565. The van der Waals surface area contributed by atoms with Crippen LogP contribution in [0.15, 0.2) is 24.3 Å². The van der Waals surface area contributed by atoms with E-state index < -0.39 is 5.97 Å². The van der Waals surface area contributed by atoms with Crippen molar-refractivity contribution in [1.29, 1.82) is 0 Å². The molecule has 2 rings (SSSR count). The Morgan fingerprint density at radius 1 is 1.16 bits per heavy atom. The molecule has 2 N–H and O–H groups in total. The number of morpholine rings is 1. The van der Waals surface area contributed by atoms with E-state index in [4.69, 9.17) is 9.47 Å². The van der Waals surface area contributed by atoms with Crippen LogP contribution >= 0.6 is 0 Å². The number of hydrogen-bond acceptors (Lipinski definition) is 4. The number of quaternary nitrogens is 1. The molecule has 1 fully saturated rings. The first-order valence-corrected chi connectivity index (χ1v) is 8.92. The summed E-state index contributed by atoms with van der Waals surface area (Å²) in [5.41, 5.74) is 1.64. The molecule has 1 heterocycles. The van der Waals surface area contributed by atoms with Crippen LogP contribution in [0.5, 0.6) is 0 Å². The smallest absolute Gasteiger partial charge is 0.338 e. The number of ether oxygens (including phenoxy) is 2. The maximum absolute atomic E-state index is 12.0. The van der Waals surface area contributed by atoms with Crippen LogP contribution < -0.4 is 10.2 Å². The van der Waals surface area contributed by atoms with E-state index in [0.29, 0.717) is 11.5 Å². The van der Waals surface area contributed by atoms with Crippen molar-refractivity contribution in [2.24, 2.45) is 5.92 Å². The molecule has 1 aromatic carbocycles. The van der Waals surface area contributed by atoms with Crippen LogP contribution in [-0.2, 0) is 20.8 Å². The number of carbonyl (C=O) groups excluding carboxylic acids is 2. The fourth-order valence-electron chi connectivity index (χ4n) is 2.56. The van der Waals surface area contributed by atoms with Crippen LogP contribution in [0, 0.1) is 5.92 Å². The standard InChI is InChI=1S/C19H28N2O4/c1-14(2)15(3)20-18(22)13-25-19(23)17-6-4-16(5-7-17)12-21-8-10-24-11-9-21/h4-7,14-15H,8-13H2,1-3H3,(H,20,22)/p+1/t15-/m0/s1. The van der Waals surface area contributed by atoms with Gasteiger partial charge in [0, 0.05) is 11.6 Å². The zero-order valence-electron chi connectivity index (χ0n) is 15.3. The topological polar surface area (TPSA) is 69.1 Å². The van der Waals surface area contributed by atoms with Gasteiger partial charge in [-0.1, -0.05) is 26.0 Å². The minimum atomic E-state index is -0.474. The highest BCUT2D eigenvalue weighted by Gasteiger charge is 2.16. The summed E-state index contributed by atoms with van der Waals surface area (Å²) in [5, 5.41) is 2.81. The van der Waals surface area contributed by atoms with Gasteiger partial charge >= 0.3 is 5.97 Å². The van der Waals surface area contributed by atoms with Crippen LogP contribution in [0.4, 0.5) is 0 Å². The molecule has 0 bridgehead atoms. The predicted octanol–water partition coefficient (Wildman–Crippen LogP) is 0.419. The van der Waals surface area contributed by atoms with E-state index in [0.717, 1.165) is 32.8 Å². The lowest BCUT2D eigenvalue weighted by molar-refractivity contribution is -0.921. The van der Waals surface area contributed by atoms with Crippen molar-refractivity contribution in [2.45, 2.75) is 33.4 Å².